The molecule has 0 radical (unpaired) electrons. The number of rotatable bonds is 6. The third-order valence-electron chi connectivity index (χ3n) is 2.65. The third kappa shape index (κ3) is 3.61. The first-order valence-electron chi connectivity index (χ1n) is 4.93. The molecular weight excluding hydrogens is 182 g/mol. The molecule has 0 aliphatic rings. The van der Waals surface area contributed by atoms with Crippen LogP contribution in [0.1, 0.15) is 20.8 Å². The van der Waals surface area contributed by atoms with Gasteiger partial charge in [-0.05, 0) is 13.5 Å². The molecule has 0 aliphatic heterocycles. The molecule has 4 N–H and O–H groups in total. The zero-order valence-corrected chi connectivity index (χ0v) is 9.16. The standard InChI is InChI=1S/C9H21N3O2/c1-4-12(5-6-13)8(3)7(2)9(14)11-10/h7-8,13H,4-6,10H2,1-3H3,(H,11,14). The van der Waals surface area contributed by atoms with E-state index in [1.54, 1.807) is 0 Å². The van der Waals surface area contributed by atoms with E-state index in [2.05, 4.69) is 5.43 Å². The minimum absolute atomic E-state index is 0.0794. The summed E-state index contributed by atoms with van der Waals surface area (Å²) in [4.78, 5) is 13.3. The summed E-state index contributed by atoms with van der Waals surface area (Å²) in [5.74, 6) is 4.71. The van der Waals surface area contributed by atoms with Crippen molar-refractivity contribution < 1.29 is 9.90 Å². The van der Waals surface area contributed by atoms with Crippen molar-refractivity contribution in [3.63, 3.8) is 0 Å². The topological polar surface area (TPSA) is 78.6 Å². The van der Waals surface area contributed by atoms with E-state index in [0.29, 0.717) is 6.54 Å². The number of nitrogens with one attached hydrogen (secondary N) is 1. The summed E-state index contributed by atoms with van der Waals surface area (Å²) in [6.07, 6.45) is 0. The van der Waals surface area contributed by atoms with Crippen molar-refractivity contribution in [3.8, 4) is 0 Å². The summed E-state index contributed by atoms with van der Waals surface area (Å²) >= 11 is 0. The monoisotopic (exact) mass is 203 g/mol. The number of carbonyl (C=O) groups excluding carboxylic acids is 1. The molecule has 0 rings (SSSR count). The van der Waals surface area contributed by atoms with Crippen molar-refractivity contribution in [3.05, 3.63) is 0 Å². The van der Waals surface area contributed by atoms with Gasteiger partial charge < -0.3 is 5.11 Å². The number of nitrogens with zero attached hydrogens (tertiary/aromatic N) is 1. The van der Waals surface area contributed by atoms with Gasteiger partial charge in [-0.1, -0.05) is 13.8 Å². The average Bonchev–Trinajstić information content (AvgIpc) is 2.22. The van der Waals surface area contributed by atoms with Crippen LogP contribution in [-0.2, 0) is 4.79 Å². The van der Waals surface area contributed by atoms with E-state index in [1.807, 2.05) is 25.7 Å². The van der Waals surface area contributed by atoms with Crippen LogP contribution in [0.15, 0.2) is 0 Å². The predicted octanol–water partition coefficient (Wildman–Crippen LogP) is -0.685. The molecule has 1 amide bonds. The van der Waals surface area contributed by atoms with Gasteiger partial charge in [-0.25, -0.2) is 5.84 Å². The minimum Gasteiger partial charge on any atom is -0.395 e. The molecule has 0 spiro atoms. The summed E-state index contributed by atoms with van der Waals surface area (Å²) in [7, 11) is 0. The fourth-order valence-electron chi connectivity index (χ4n) is 1.44. The lowest BCUT2D eigenvalue weighted by atomic mass is 10.0. The normalized spacial score (nSPS) is 15.3. The van der Waals surface area contributed by atoms with E-state index in [0.717, 1.165) is 6.54 Å². The molecule has 0 heterocycles. The number of likely N-dealkylation sites (N-methyl/N-ethyl adjacent to an activating group) is 1. The van der Waals surface area contributed by atoms with Crippen LogP contribution in [0.2, 0.25) is 0 Å². The molecule has 0 aliphatic carbocycles. The van der Waals surface area contributed by atoms with E-state index in [1.165, 1.54) is 0 Å². The van der Waals surface area contributed by atoms with Crippen LogP contribution in [0, 0.1) is 5.92 Å². The lowest BCUT2D eigenvalue weighted by Crippen LogP contribution is -2.46. The average molecular weight is 203 g/mol. The Hall–Kier alpha value is -0.650. The van der Waals surface area contributed by atoms with Gasteiger partial charge in [-0.15, -0.1) is 0 Å². The number of hydrogen-bond acceptors (Lipinski definition) is 4. The lowest BCUT2D eigenvalue weighted by Gasteiger charge is -2.30. The maximum absolute atomic E-state index is 11.3. The van der Waals surface area contributed by atoms with Gasteiger partial charge in [-0.3, -0.25) is 15.1 Å². The molecule has 0 saturated carbocycles. The van der Waals surface area contributed by atoms with Crippen LogP contribution in [-0.4, -0.2) is 41.7 Å². The van der Waals surface area contributed by atoms with Crippen molar-refractivity contribution in [1.29, 1.82) is 0 Å². The van der Waals surface area contributed by atoms with Gasteiger partial charge in [0.2, 0.25) is 5.91 Å². The summed E-state index contributed by atoms with van der Waals surface area (Å²) in [6.45, 7) is 7.28. The summed E-state index contributed by atoms with van der Waals surface area (Å²) < 4.78 is 0. The molecule has 2 atom stereocenters. The van der Waals surface area contributed by atoms with E-state index in [4.69, 9.17) is 10.9 Å². The highest BCUT2D eigenvalue weighted by Crippen LogP contribution is 2.10. The molecule has 5 nitrogen and oxygen atoms in total. The number of amides is 1. The molecule has 0 aromatic heterocycles. The first-order valence-corrected chi connectivity index (χ1v) is 4.93. The largest absolute Gasteiger partial charge is 0.395 e. The lowest BCUT2D eigenvalue weighted by molar-refractivity contribution is -0.126. The SMILES string of the molecule is CCN(CCO)C(C)C(C)C(=O)NN. The highest BCUT2D eigenvalue weighted by Gasteiger charge is 2.23. The highest BCUT2D eigenvalue weighted by molar-refractivity contribution is 5.78. The van der Waals surface area contributed by atoms with Crippen molar-refractivity contribution in [2.24, 2.45) is 11.8 Å². The van der Waals surface area contributed by atoms with Gasteiger partial charge in [0.05, 0.1) is 12.5 Å². The molecular formula is C9H21N3O2. The Morgan fingerprint density at radius 1 is 1.57 bits per heavy atom. The molecule has 84 valence electrons. The third-order valence-corrected chi connectivity index (χ3v) is 2.65. The Bertz CT molecular complexity index is 175. The fourth-order valence-corrected chi connectivity index (χ4v) is 1.44. The highest BCUT2D eigenvalue weighted by atomic mass is 16.3. The van der Waals surface area contributed by atoms with E-state index in [-0.39, 0.29) is 24.5 Å². The van der Waals surface area contributed by atoms with Gasteiger partial charge >= 0.3 is 0 Å². The molecule has 0 fully saturated rings. The summed E-state index contributed by atoms with van der Waals surface area (Å²) in [6, 6.07) is 0.0794. The number of aliphatic hydroxyl groups excluding tert-OH is 1. The van der Waals surface area contributed by atoms with Gasteiger partial charge in [0.15, 0.2) is 0 Å². The zero-order valence-electron chi connectivity index (χ0n) is 9.16. The maximum Gasteiger partial charge on any atom is 0.238 e. The molecule has 0 bridgehead atoms. The van der Waals surface area contributed by atoms with Crippen molar-refractivity contribution in [2.45, 2.75) is 26.8 Å². The fraction of sp³-hybridized carbons (Fsp3) is 0.889. The van der Waals surface area contributed by atoms with Gasteiger partial charge in [0.25, 0.3) is 0 Å². The van der Waals surface area contributed by atoms with E-state index < -0.39 is 0 Å². The molecule has 0 aromatic carbocycles. The van der Waals surface area contributed by atoms with E-state index >= 15 is 0 Å². The van der Waals surface area contributed by atoms with Gasteiger partial charge in [0.1, 0.15) is 0 Å². The zero-order chi connectivity index (χ0) is 11.1. The molecule has 0 saturated heterocycles. The molecule has 5 heteroatoms. The van der Waals surface area contributed by atoms with Gasteiger partial charge in [-0.2, -0.15) is 0 Å². The Kier molecular flexibility index (Phi) is 6.44. The smallest absolute Gasteiger partial charge is 0.238 e. The first kappa shape index (κ1) is 13.4. The van der Waals surface area contributed by atoms with Crippen LogP contribution < -0.4 is 11.3 Å². The van der Waals surface area contributed by atoms with Crippen molar-refractivity contribution in [1.82, 2.24) is 10.3 Å². The number of carbonyl (C=O) groups is 1. The second kappa shape index (κ2) is 6.75. The van der Waals surface area contributed by atoms with Crippen molar-refractivity contribution >= 4 is 5.91 Å². The predicted molar refractivity (Wildman–Crippen MR) is 55.3 cm³/mol. The Morgan fingerprint density at radius 2 is 2.14 bits per heavy atom. The number of hydrazine groups is 1. The Balaban J connectivity index is 4.25. The molecule has 2 unspecified atom stereocenters. The maximum atomic E-state index is 11.3. The van der Waals surface area contributed by atoms with Crippen LogP contribution in [0.25, 0.3) is 0 Å². The number of hydrogen-bond donors (Lipinski definition) is 3. The van der Waals surface area contributed by atoms with Crippen molar-refractivity contribution in [2.75, 3.05) is 19.7 Å². The van der Waals surface area contributed by atoms with Gasteiger partial charge in [0, 0.05) is 12.6 Å². The molecule has 14 heavy (non-hydrogen) atoms. The quantitative estimate of drug-likeness (QED) is 0.303. The second-order valence-corrected chi connectivity index (χ2v) is 3.39. The Labute approximate surface area is 85.2 Å². The Morgan fingerprint density at radius 3 is 2.50 bits per heavy atom. The van der Waals surface area contributed by atoms with Crippen LogP contribution in [0.5, 0.6) is 0 Å². The minimum atomic E-state index is -0.175. The number of aliphatic hydroxyl groups is 1. The first-order chi connectivity index (χ1) is 6.58. The number of nitrogens with two attached hydrogens (primary N) is 1. The van der Waals surface area contributed by atoms with E-state index in [9.17, 15) is 4.79 Å². The van der Waals surface area contributed by atoms with Crippen LogP contribution in [0.4, 0.5) is 0 Å². The summed E-state index contributed by atoms with van der Waals surface area (Å²) in [5, 5.41) is 8.83. The molecule has 0 aromatic rings. The second-order valence-electron chi connectivity index (χ2n) is 3.39. The van der Waals surface area contributed by atoms with Crippen LogP contribution in [0.3, 0.4) is 0 Å². The van der Waals surface area contributed by atoms with Crippen LogP contribution >= 0.6 is 0 Å². The summed E-state index contributed by atoms with van der Waals surface area (Å²) in [5.41, 5.74) is 2.14.